The number of amides is 1. The Hall–Kier alpha value is -2.70. The summed E-state index contributed by atoms with van der Waals surface area (Å²) in [5.41, 5.74) is 2.07. The van der Waals surface area contributed by atoms with Crippen LogP contribution >= 0.6 is 0 Å². The zero-order valence-corrected chi connectivity index (χ0v) is 18.9. The van der Waals surface area contributed by atoms with Crippen molar-refractivity contribution in [3.8, 4) is 17.2 Å². The van der Waals surface area contributed by atoms with Crippen LogP contribution in [0.4, 0.5) is 0 Å². The molecule has 0 spiro atoms. The van der Waals surface area contributed by atoms with Crippen molar-refractivity contribution in [3.05, 3.63) is 35.2 Å². The Morgan fingerprint density at radius 2 is 1.55 bits per heavy atom. The van der Waals surface area contributed by atoms with Crippen LogP contribution in [0.25, 0.3) is 0 Å². The average molecular weight is 404 g/mol. The highest BCUT2D eigenvalue weighted by Crippen LogP contribution is 2.39. The Morgan fingerprint density at radius 3 is 1.93 bits per heavy atom. The van der Waals surface area contributed by atoms with E-state index in [-0.39, 0.29) is 23.4 Å². The molecule has 2 aromatic rings. The second kappa shape index (κ2) is 8.76. The van der Waals surface area contributed by atoms with E-state index in [4.69, 9.17) is 14.2 Å². The highest BCUT2D eigenvalue weighted by atomic mass is 16.5. The normalized spacial score (nSPS) is 12.6. The van der Waals surface area contributed by atoms with E-state index in [1.54, 1.807) is 21.3 Å². The highest BCUT2D eigenvalue weighted by Gasteiger charge is 2.25. The minimum Gasteiger partial charge on any atom is -0.493 e. The number of carbonyl (C=O) groups is 1. The number of hydrogen-bond acceptors (Lipinski definition) is 5. The van der Waals surface area contributed by atoms with Gasteiger partial charge in [-0.1, -0.05) is 13.8 Å². The van der Waals surface area contributed by atoms with E-state index >= 15 is 0 Å². The largest absolute Gasteiger partial charge is 0.493 e. The molecule has 1 unspecified atom stereocenters. The molecule has 0 radical (unpaired) electrons. The molecule has 0 aliphatic rings. The Labute approximate surface area is 173 Å². The zero-order valence-electron chi connectivity index (χ0n) is 18.9. The van der Waals surface area contributed by atoms with Gasteiger partial charge in [-0.2, -0.15) is 5.10 Å². The molecule has 7 heteroatoms. The molecule has 1 heterocycles. The van der Waals surface area contributed by atoms with Crippen molar-refractivity contribution in [1.29, 1.82) is 0 Å². The molecule has 1 aromatic heterocycles. The van der Waals surface area contributed by atoms with Gasteiger partial charge in [0.05, 0.1) is 32.9 Å². The fraction of sp³-hybridized carbons (Fsp3) is 0.545. The first kappa shape index (κ1) is 22.6. The summed E-state index contributed by atoms with van der Waals surface area (Å²) < 4.78 is 18.1. The molecule has 0 fully saturated rings. The van der Waals surface area contributed by atoms with Gasteiger partial charge >= 0.3 is 0 Å². The summed E-state index contributed by atoms with van der Waals surface area (Å²) in [6, 6.07) is 5.25. The van der Waals surface area contributed by atoms with Crippen LogP contribution in [-0.2, 0) is 5.54 Å². The molecule has 7 nitrogen and oxygen atoms in total. The van der Waals surface area contributed by atoms with E-state index in [1.165, 1.54) is 0 Å². The Kier molecular flexibility index (Phi) is 6.82. The quantitative estimate of drug-likeness (QED) is 0.747. The van der Waals surface area contributed by atoms with Gasteiger partial charge in [0.2, 0.25) is 5.75 Å². The second-order valence-corrected chi connectivity index (χ2v) is 8.35. The lowest BCUT2D eigenvalue weighted by molar-refractivity contribution is 0.0933. The Bertz CT molecular complexity index is 840. The van der Waals surface area contributed by atoms with Crippen LogP contribution in [0.2, 0.25) is 0 Å². The molecule has 1 amide bonds. The molecular formula is C22H33N3O4. The number of nitrogens with zero attached hydrogens (tertiary/aromatic N) is 2. The van der Waals surface area contributed by atoms with Crippen molar-refractivity contribution in [3.63, 3.8) is 0 Å². The van der Waals surface area contributed by atoms with Gasteiger partial charge in [0.1, 0.15) is 5.69 Å². The van der Waals surface area contributed by atoms with Crippen LogP contribution in [0.5, 0.6) is 17.2 Å². The second-order valence-electron chi connectivity index (χ2n) is 8.35. The van der Waals surface area contributed by atoms with Crippen LogP contribution in [0.15, 0.2) is 18.2 Å². The molecule has 1 aromatic carbocycles. The van der Waals surface area contributed by atoms with E-state index in [9.17, 15) is 4.79 Å². The van der Waals surface area contributed by atoms with Gasteiger partial charge in [-0.3, -0.25) is 9.48 Å². The van der Waals surface area contributed by atoms with Gasteiger partial charge in [-0.05, 0) is 57.4 Å². The Balaban J connectivity index is 2.32. The molecule has 0 saturated heterocycles. The minimum atomic E-state index is -0.279. The predicted octanol–water partition coefficient (Wildman–Crippen LogP) is 4.28. The molecule has 160 valence electrons. The summed E-state index contributed by atoms with van der Waals surface area (Å²) in [5.74, 6) is 1.64. The van der Waals surface area contributed by atoms with Crippen molar-refractivity contribution in [2.75, 3.05) is 21.3 Å². The van der Waals surface area contributed by atoms with Gasteiger partial charge in [0.15, 0.2) is 11.5 Å². The summed E-state index contributed by atoms with van der Waals surface area (Å²) in [5, 5.41) is 7.60. The average Bonchev–Trinajstić information content (AvgIpc) is 3.13. The lowest BCUT2D eigenvalue weighted by Crippen LogP contribution is -2.29. The summed E-state index contributed by atoms with van der Waals surface area (Å²) >= 11 is 0. The highest BCUT2D eigenvalue weighted by molar-refractivity contribution is 5.92. The van der Waals surface area contributed by atoms with Crippen molar-refractivity contribution < 1.29 is 19.0 Å². The van der Waals surface area contributed by atoms with Gasteiger partial charge in [0, 0.05) is 5.69 Å². The van der Waals surface area contributed by atoms with Gasteiger partial charge in [-0.25, -0.2) is 0 Å². The number of hydrogen-bond donors (Lipinski definition) is 1. The summed E-state index contributed by atoms with van der Waals surface area (Å²) in [4.78, 5) is 12.9. The molecule has 1 N–H and O–H groups in total. The SMILES string of the molecule is COc1cc(C(C)NC(=O)c2cc(C(C)C)n(C(C)(C)C)n2)cc(OC)c1OC. The van der Waals surface area contributed by atoms with Gasteiger partial charge in [-0.15, -0.1) is 0 Å². The maximum atomic E-state index is 12.9. The van der Waals surface area contributed by atoms with Crippen molar-refractivity contribution in [1.82, 2.24) is 15.1 Å². The molecule has 0 bridgehead atoms. The minimum absolute atomic E-state index is 0.208. The number of carbonyl (C=O) groups excluding carboxylic acids is 1. The molecule has 0 aliphatic heterocycles. The van der Waals surface area contributed by atoms with E-state index in [1.807, 2.05) is 29.8 Å². The summed E-state index contributed by atoms with van der Waals surface area (Å²) in [6.45, 7) is 12.3. The number of benzene rings is 1. The van der Waals surface area contributed by atoms with Crippen LogP contribution in [0.1, 0.15) is 75.2 Å². The lowest BCUT2D eigenvalue weighted by atomic mass is 10.1. The Morgan fingerprint density at radius 1 is 1.00 bits per heavy atom. The topological polar surface area (TPSA) is 74.6 Å². The monoisotopic (exact) mass is 403 g/mol. The van der Waals surface area contributed by atoms with E-state index < -0.39 is 0 Å². The molecule has 1 atom stereocenters. The first-order chi connectivity index (χ1) is 13.5. The van der Waals surface area contributed by atoms with E-state index in [2.05, 4.69) is 45.0 Å². The number of methoxy groups -OCH3 is 3. The van der Waals surface area contributed by atoms with Crippen LogP contribution < -0.4 is 19.5 Å². The maximum absolute atomic E-state index is 12.9. The van der Waals surface area contributed by atoms with Crippen molar-refractivity contribution >= 4 is 5.91 Å². The van der Waals surface area contributed by atoms with Gasteiger partial charge < -0.3 is 19.5 Å². The fourth-order valence-corrected chi connectivity index (χ4v) is 3.16. The molecule has 2 rings (SSSR count). The number of rotatable bonds is 7. The third-order valence-electron chi connectivity index (χ3n) is 4.73. The summed E-state index contributed by atoms with van der Waals surface area (Å²) in [6.07, 6.45) is 0. The van der Waals surface area contributed by atoms with Gasteiger partial charge in [0.25, 0.3) is 5.91 Å². The van der Waals surface area contributed by atoms with E-state index in [0.717, 1.165) is 11.3 Å². The van der Waals surface area contributed by atoms with Crippen LogP contribution in [0, 0.1) is 0 Å². The third kappa shape index (κ3) is 4.83. The predicted molar refractivity (Wildman–Crippen MR) is 113 cm³/mol. The lowest BCUT2D eigenvalue weighted by Gasteiger charge is -2.23. The molecular weight excluding hydrogens is 370 g/mol. The van der Waals surface area contributed by atoms with Crippen LogP contribution in [0.3, 0.4) is 0 Å². The smallest absolute Gasteiger partial charge is 0.272 e. The molecule has 0 saturated carbocycles. The zero-order chi connectivity index (χ0) is 21.9. The first-order valence-corrected chi connectivity index (χ1v) is 9.74. The van der Waals surface area contributed by atoms with Crippen molar-refractivity contribution in [2.24, 2.45) is 0 Å². The van der Waals surface area contributed by atoms with Crippen molar-refractivity contribution in [2.45, 2.75) is 59.0 Å². The summed E-state index contributed by atoms with van der Waals surface area (Å²) in [7, 11) is 4.69. The number of aromatic nitrogens is 2. The van der Waals surface area contributed by atoms with E-state index in [0.29, 0.717) is 22.9 Å². The standard InChI is InChI=1S/C22H33N3O4/c1-13(2)17-12-16(24-25(17)22(4,5)6)21(26)23-14(3)15-10-18(27-7)20(29-9)19(11-15)28-8/h10-14H,1-9H3,(H,23,26). The number of ether oxygens (including phenoxy) is 3. The fourth-order valence-electron chi connectivity index (χ4n) is 3.16. The molecule has 0 aliphatic carbocycles. The van der Waals surface area contributed by atoms with Crippen LogP contribution in [-0.4, -0.2) is 37.0 Å². The number of nitrogens with one attached hydrogen (secondary N) is 1. The molecule has 29 heavy (non-hydrogen) atoms. The first-order valence-electron chi connectivity index (χ1n) is 9.74. The third-order valence-corrected chi connectivity index (χ3v) is 4.73. The maximum Gasteiger partial charge on any atom is 0.272 e.